The van der Waals surface area contributed by atoms with Crippen LogP contribution in [0.15, 0.2) is 29.4 Å². The number of benzene rings is 1. The van der Waals surface area contributed by atoms with Crippen molar-refractivity contribution in [3.8, 4) is 0 Å². The predicted molar refractivity (Wildman–Crippen MR) is 45.9 cm³/mol. The fourth-order valence-electron chi connectivity index (χ4n) is 0.816. The maximum atomic E-state index is 12.4. The smallest absolute Gasteiger partial charge is 0.123 e. The minimum atomic E-state index is -0.319. The molecule has 1 rings (SSSR count). The second-order valence-corrected chi connectivity index (χ2v) is 2.17. The van der Waals surface area contributed by atoms with Crippen molar-refractivity contribution in [2.45, 2.75) is 0 Å². The first-order valence-electron chi connectivity index (χ1n) is 3.32. The van der Waals surface area contributed by atoms with Crippen LogP contribution in [0.4, 0.5) is 4.39 Å². The summed E-state index contributed by atoms with van der Waals surface area (Å²) in [5.41, 5.74) is 0.962. The van der Waals surface area contributed by atoms with Crippen LogP contribution < -0.4 is 5.84 Å². The van der Waals surface area contributed by atoms with Gasteiger partial charge in [-0.05, 0) is 24.3 Å². The summed E-state index contributed by atoms with van der Waals surface area (Å²) < 4.78 is 12.4. The second-order valence-electron chi connectivity index (χ2n) is 2.17. The van der Waals surface area contributed by atoms with Gasteiger partial charge in [-0.1, -0.05) is 0 Å². The highest BCUT2D eigenvalue weighted by Crippen LogP contribution is 2.02. The zero-order chi connectivity index (χ0) is 8.97. The maximum Gasteiger partial charge on any atom is 0.123 e. The van der Waals surface area contributed by atoms with E-state index in [2.05, 4.69) is 5.10 Å². The highest BCUT2D eigenvalue weighted by Gasteiger charge is 1.98. The van der Waals surface area contributed by atoms with Gasteiger partial charge in [0.1, 0.15) is 11.5 Å². The van der Waals surface area contributed by atoms with Gasteiger partial charge in [0.25, 0.3) is 0 Å². The number of halogens is 1. The molecule has 62 valence electrons. The molecule has 0 heterocycles. The van der Waals surface area contributed by atoms with E-state index in [9.17, 15) is 4.39 Å². The van der Waals surface area contributed by atoms with Crippen LogP contribution >= 0.6 is 0 Å². The van der Waals surface area contributed by atoms with Gasteiger partial charge in [0.05, 0.1) is 0 Å². The molecular weight excluding hydrogens is 157 g/mol. The third kappa shape index (κ3) is 1.66. The summed E-state index contributed by atoms with van der Waals surface area (Å²) in [4.78, 5) is 0. The van der Waals surface area contributed by atoms with Crippen LogP contribution in [0.3, 0.4) is 0 Å². The molecule has 1 aromatic rings. The van der Waals surface area contributed by atoms with Gasteiger partial charge in [-0.3, -0.25) is 0 Å². The Balaban J connectivity index is 3.04. The molecule has 0 aliphatic rings. The lowest BCUT2D eigenvalue weighted by Crippen LogP contribution is -2.04. The Hall–Kier alpha value is -1.71. The van der Waals surface area contributed by atoms with Gasteiger partial charge >= 0.3 is 0 Å². The minimum absolute atomic E-state index is 0.319. The average molecular weight is 165 g/mol. The van der Waals surface area contributed by atoms with E-state index in [1.54, 1.807) is 0 Å². The molecule has 0 amide bonds. The van der Waals surface area contributed by atoms with E-state index in [-0.39, 0.29) is 5.82 Å². The quantitative estimate of drug-likeness (QED) is 0.385. The molecule has 0 aromatic heterocycles. The predicted octanol–water partition coefficient (Wildman–Crippen LogP) is 1.14. The van der Waals surface area contributed by atoms with E-state index < -0.39 is 0 Å². The van der Waals surface area contributed by atoms with Gasteiger partial charge in [0.15, 0.2) is 0 Å². The molecule has 0 radical (unpaired) electrons. The summed E-state index contributed by atoms with van der Waals surface area (Å²) in [6.45, 7) is 0. The van der Waals surface area contributed by atoms with E-state index in [1.807, 2.05) is 0 Å². The Kier molecular flexibility index (Phi) is 2.53. The first kappa shape index (κ1) is 8.39. The molecule has 3 N–H and O–H groups in total. The third-order valence-electron chi connectivity index (χ3n) is 1.42. The maximum absolute atomic E-state index is 12.4. The number of nitrogens with zero attached hydrogens (tertiary/aromatic N) is 1. The average Bonchev–Trinajstić information content (AvgIpc) is 2.10. The largest absolute Gasteiger partial charge is 0.323 e. The Morgan fingerprint density at radius 3 is 2.42 bits per heavy atom. The monoisotopic (exact) mass is 165 g/mol. The molecule has 0 saturated heterocycles. The summed E-state index contributed by atoms with van der Waals surface area (Å²) >= 11 is 0. The van der Waals surface area contributed by atoms with Crippen LogP contribution in [-0.2, 0) is 0 Å². The van der Waals surface area contributed by atoms with Crippen molar-refractivity contribution in [3.05, 3.63) is 35.6 Å². The molecule has 0 bridgehead atoms. The summed E-state index contributed by atoms with van der Waals surface area (Å²) in [6.07, 6.45) is 1.02. The van der Waals surface area contributed by atoms with E-state index >= 15 is 0 Å². The molecule has 0 fully saturated rings. The molecule has 0 atom stereocenters. The standard InChI is InChI=1S/C8H8FN3/c9-7-3-1-6(2-4-7)8(5-10)12-11/h1-5,10H,11H2. The molecule has 12 heavy (non-hydrogen) atoms. The number of hydrogen-bond donors (Lipinski definition) is 2. The molecule has 4 heteroatoms. The van der Waals surface area contributed by atoms with Gasteiger partial charge < -0.3 is 11.3 Å². The molecule has 0 spiro atoms. The topological polar surface area (TPSA) is 62.2 Å². The zero-order valence-corrected chi connectivity index (χ0v) is 6.29. The van der Waals surface area contributed by atoms with Gasteiger partial charge in [-0.25, -0.2) is 4.39 Å². The van der Waals surface area contributed by atoms with Crippen LogP contribution in [0.2, 0.25) is 0 Å². The van der Waals surface area contributed by atoms with Gasteiger partial charge in [-0.15, -0.1) is 0 Å². The van der Waals surface area contributed by atoms with Crippen molar-refractivity contribution in [3.63, 3.8) is 0 Å². The number of nitrogens with two attached hydrogens (primary N) is 1. The van der Waals surface area contributed by atoms with Crippen molar-refractivity contribution >= 4 is 11.9 Å². The van der Waals surface area contributed by atoms with Crippen LogP contribution in [0.25, 0.3) is 0 Å². The van der Waals surface area contributed by atoms with Crippen LogP contribution in [0.5, 0.6) is 0 Å². The number of nitrogens with one attached hydrogen (secondary N) is 1. The van der Waals surface area contributed by atoms with Crippen LogP contribution in [0.1, 0.15) is 5.56 Å². The molecule has 0 saturated carbocycles. The number of hydrazone groups is 1. The lowest BCUT2D eigenvalue weighted by atomic mass is 10.1. The van der Waals surface area contributed by atoms with Crippen LogP contribution in [0, 0.1) is 11.2 Å². The molecule has 0 aliphatic carbocycles. The fraction of sp³-hybridized carbons (Fsp3) is 0. The summed E-state index contributed by atoms with van der Waals surface area (Å²) in [7, 11) is 0. The summed E-state index contributed by atoms with van der Waals surface area (Å²) in [6, 6.07) is 5.63. The first-order chi connectivity index (χ1) is 5.77. The van der Waals surface area contributed by atoms with Gasteiger partial charge in [0.2, 0.25) is 0 Å². The lowest BCUT2D eigenvalue weighted by molar-refractivity contribution is 0.628. The number of hydrogen-bond acceptors (Lipinski definition) is 3. The molecule has 0 aliphatic heterocycles. The first-order valence-corrected chi connectivity index (χ1v) is 3.32. The van der Waals surface area contributed by atoms with E-state index in [0.717, 1.165) is 6.21 Å². The van der Waals surface area contributed by atoms with Gasteiger partial charge in [-0.2, -0.15) is 5.10 Å². The van der Waals surface area contributed by atoms with Crippen molar-refractivity contribution in [1.29, 1.82) is 5.41 Å². The Morgan fingerprint density at radius 1 is 1.42 bits per heavy atom. The molecular formula is C8H8FN3. The minimum Gasteiger partial charge on any atom is -0.323 e. The molecule has 3 nitrogen and oxygen atoms in total. The highest BCUT2D eigenvalue weighted by molar-refractivity contribution is 6.37. The van der Waals surface area contributed by atoms with E-state index in [4.69, 9.17) is 11.3 Å². The Morgan fingerprint density at radius 2 is 2.00 bits per heavy atom. The highest BCUT2D eigenvalue weighted by atomic mass is 19.1. The van der Waals surface area contributed by atoms with Crippen molar-refractivity contribution in [1.82, 2.24) is 0 Å². The summed E-state index contributed by atoms with van der Waals surface area (Å²) in [5, 5.41) is 10.3. The molecule has 0 unspecified atom stereocenters. The molecule has 1 aromatic carbocycles. The van der Waals surface area contributed by atoms with Crippen molar-refractivity contribution < 1.29 is 4.39 Å². The Bertz CT molecular complexity index is 303. The van der Waals surface area contributed by atoms with Gasteiger partial charge in [0, 0.05) is 11.8 Å². The third-order valence-corrected chi connectivity index (χ3v) is 1.42. The fourth-order valence-corrected chi connectivity index (χ4v) is 0.816. The normalized spacial score (nSPS) is 11.2. The zero-order valence-electron chi connectivity index (χ0n) is 6.29. The van der Waals surface area contributed by atoms with Crippen molar-refractivity contribution in [2.75, 3.05) is 0 Å². The summed E-state index contributed by atoms with van der Waals surface area (Å²) in [5.74, 6) is 4.68. The second kappa shape index (κ2) is 3.61. The van der Waals surface area contributed by atoms with Crippen LogP contribution in [-0.4, -0.2) is 11.9 Å². The van der Waals surface area contributed by atoms with Crippen molar-refractivity contribution in [2.24, 2.45) is 10.9 Å². The number of rotatable bonds is 2. The Labute approximate surface area is 69.2 Å². The van der Waals surface area contributed by atoms with E-state index in [0.29, 0.717) is 11.3 Å². The van der Waals surface area contributed by atoms with E-state index in [1.165, 1.54) is 24.3 Å². The lowest BCUT2D eigenvalue weighted by Gasteiger charge is -1.97. The SMILES string of the molecule is N=CC(=NN)c1ccc(F)cc1.